The summed E-state index contributed by atoms with van der Waals surface area (Å²) in [5.41, 5.74) is 0.373. The molecule has 1 aliphatic rings. The second kappa shape index (κ2) is 7.81. The number of carbonyl (C=O) groups excluding carboxylic acids is 1. The van der Waals surface area contributed by atoms with Crippen LogP contribution in [0.4, 0.5) is 0 Å². The first-order valence-electron chi connectivity index (χ1n) is 6.57. The first kappa shape index (κ1) is 17.8. The van der Waals surface area contributed by atoms with Gasteiger partial charge in [-0.3, -0.25) is 9.59 Å². The normalized spacial score (nSPS) is 18.3. The Labute approximate surface area is 147 Å². The van der Waals surface area contributed by atoms with Crippen molar-refractivity contribution >= 4 is 58.6 Å². The van der Waals surface area contributed by atoms with Crippen LogP contribution < -0.4 is 0 Å². The minimum atomic E-state index is -0.905. The van der Waals surface area contributed by atoms with E-state index >= 15 is 0 Å². The van der Waals surface area contributed by atoms with E-state index in [0.717, 1.165) is 10.6 Å². The van der Waals surface area contributed by atoms with Gasteiger partial charge >= 0.3 is 5.97 Å². The molecule has 1 aromatic rings. The number of thioether (sulfide) groups is 2. The van der Waals surface area contributed by atoms with E-state index in [1.54, 1.807) is 28.8 Å². The minimum Gasteiger partial charge on any atom is -0.481 e. The van der Waals surface area contributed by atoms with Crippen molar-refractivity contribution in [2.75, 3.05) is 24.3 Å². The number of carboxylic acids is 1. The molecule has 1 heterocycles. The molecule has 1 saturated heterocycles. The molecule has 0 saturated carbocycles. The second-order valence-electron chi connectivity index (χ2n) is 4.79. The Balaban J connectivity index is 2.31. The highest BCUT2D eigenvalue weighted by atomic mass is 35.5. The van der Waals surface area contributed by atoms with Crippen LogP contribution in [0.15, 0.2) is 17.0 Å². The van der Waals surface area contributed by atoms with Crippen molar-refractivity contribution in [3.63, 3.8) is 0 Å². The van der Waals surface area contributed by atoms with Crippen molar-refractivity contribution in [1.82, 2.24) is 4.90 Å². The molecule has 0 bridgehead atoms. The average molecular weight is 380 g/mol. The number of nitrogens with zero attached hydrogens (tertiary/aromatic N) is 1. The second-order valence-corrected chi connectivity index (χ2v) is 7.60. The number of carbonyl (C=O) groups is 2. The quantitative estimate of drug-likeness (QED) is 0.807. The van der Waals surface area contributed by atoms with Crippen LogP contribution in [0.5, 0.6) is 0 Å². The number of hydrogen-bond donors (Lipinski definition) is 1. The lowest BCUT2D eigenvalue weighted by molar-refractivity contribution is -0.138. The van der Waals surface area contributed by atoms with Crippen LogP contribution in [0.2, 0.25) is 10.0 Å². The van der Waals surface area contributed by atoms with Gasteiger partial charge in [-0.05, 0) is 18.4 Å². The van der Waals surface area contributed by atoms with Crippen molar-refractivity contribution in [3.05, 3.63) is 27.7 Å². The molecule has 8 heteroatoms. The van der Waals surface area contributed by atoms with Gasteiger partial charge in [0.15, 0.2) is 0 Å². The summed E-state index contributed by atoms with van der Waals surface area (Å²) in [6, 6.07) is 2.93. The number of hydrogen-bond acceptors (Lipinski definition) is 4. The highest BCUT2D eigenvalue weighted by Crippen LogP contribution is 2.33. The summed E-state index contributed by atoms with van der Waals surface area (Å²) in [6.07, 6.45) is 1.81. The maximum Gasteiger partial charge on any atom is 0.305 e. The van der Waals surface area contributed by atoms with Gasteiger partial charge in [0.2, 0.25) is 0 Å². The first-order chi connectivity index (χ1) is 10.4. The summed E-state index contributed by atoms with van der Waals surface area (Å²) in [4.78, 5) is 26.2. The Morgan fingerprint density at radius 3 is 2.77 bits per heavy atom. The highest BCUT2D eigenvalue weighted by molar-refractivity contribution is 7.99. The van der Waals surface area contributed by atoms with Crippen molar-refractivity contribution in [1.29, 1.82) is 0 Å². The molecule has 0 aromatic heterocycles. The van der Waals surface area contributed by atoms with Crippen LogP contribution in [-0.2, 0) is 4.79 Å². The molecule has 0 spiro atoms. The first-order valence-corrected chi connectivity index (χ1v) is 9.71. The van der Waals surface area contributed by atoms with Gasteiger partial charge in [0.1, 0.15) is 0 Å². The van der Waals surface area contributed by atoms with Crippen LogP contribution in [-0.4, -0.2) is 52.2 Å². The largest absolute Gasteiger partial charge is 0.481 e. The zero-order valence-electron chi connectivity index (χ0n) is 11.8. The topological polar surface area (TPSA) is 57.6 Å². The molecule has 22 heavy (non-hydrogen) atoms. The molecule has 0 aliphatic carbocycles. The van der Waals surface area contributed by atoms with Crippen molar-refractivity contribution in [2.45, 2.75) is 17.4 Å². The number of carboxylic acid groups (broad SMARTS) is 1. The molecule has 1 unspecified atom stereocenters. The SMILES string of the molecule is CSc1cc(C(=O)N2CCSCC2CC(=O)O)c(Cl)cc1Cl. The molecular formula is C14H15Cl2NO3S2. The lowest BCUT2D eigenvalue weighted by Crippen LogP contribution is -2.47. The van der Waals surface area contributed by atoms with Crippen LogP contribution in [0.25, 0.3) is 0 Å². The zero-order chi connectivity index (χ0) is 16.3. The van der Waals surface area contributed by atoms with Crippen LogP contribution in [0.1, 0.15) is 16.8 Å². The van der Waals surface area contributed by atoms with E-state index in [4.69, 9.17) is 28.3 Å². The van der Waals surface area contributed by atoms with Gasteiger partial charge in [0, 0.05) is 22.9 Å². The zero-order valence-corrected chi connectivity index (χ0v) is 15.0. The molecule has 1 N–H and O–H groups in total. The van der Waals surface area contributed by atoms with Crippen molar-refractivity contribution in [3.8, 4) is 0 Å². The third kappa shape index (κ3) is 4.04. The van der Waals surface area contributed by atoms with E-state index in [9.17, 15) is 9.59 Å². The van der Waals surface area contributed by atoms with E-state index in [1.165, 1.54) is 11.8 Å². The van der Waals surface area contributed by atoms with Gasteiger partial charge in [-0.25, -0.2) is 0 Å². The van der Waals surface area contributed by atoms with Gasteiger partial charge in [0.05, 0.1) is 28.1 Å². The Morgan fingerprint density at radius 1 is 1.41 bits per heavy atom. The molecule has 1 fully saturated rings. The van der Waals surface area contributed by atoms with E-state index < -0.39 is 5.97 Å². The van der Waals surface area contributed by atoms with Gasteiger partial charge in [0.25, 0.3) is 5.91 Å². The predicted octanol–water partition coefficient (Wildman–Crippen LogP) is 3.75. The van der Waals surface area contributed by atoms with Crippen LogP contribution >= 0.6 is 46.7 Å². The van der Waals surface area contributed by atoms with Crippen LogP contribution in [0.3, 0.4) is 0 Å². The fraction of sp³-hybridized carbons (Fsp3) is 0.429. The molecule has 2 rings (SSSR count). The minimum absolute atomic E-state index is 0.0562. The van der Waals surface area contributed by atoms with E-state index in [-0.39, 0.29) is 18.4 Å². The maximum absolute atomic E-state index is 12.8. The fourth-order valence-corrected chi connectivity index (χ4v) is 4.54. The summed E-state index contributed by atoms with van der Waals surface area (Å²) in [7, 11) is 0. The van der Waals surface area contributed by atoms with Crippen molar-refractivity contribution in [2.24, 2.45) is 0 Å². The number of halogens is 2. The third-order valence-corrected chi connectivity index (χ3v) is 5.98. The standard InChI is InChI=1S/C14H15Cl2NO3S2/c1-21-12-5-9(10(15)6-11(12)16)14(20)17-2-3-22-7-8(17)4-13(18)19/h5-6,8H,2-4,7H2,1H3,(H,18,19). The molecule has 120 valence electrons. The third-order valence-electron chi connectivity index (χ3n) is 3.37. The summed E-state index contributed by atoms with van der Waals surface area (Å²) in [5.74, 6) is 0.280. The molecular weight excluding hydrogens is 365 g/mol. The molecule has 1 amide bonds. The van der Waals surface area contributed by atoms with Gasteiger partial charge < -0.3 is 10.0 Å². The Morgan fingerprint density at radius 2 is 2.14 bits per heavy atom. The van der Waals surface area contributed by atoms with E-state index in [1.807, 2.05) is 6.26 Å². The number of rotatable bonds is 4. The lowest BCUT2D eigenvalue weighted by Gasteiger charge is -2.35. The van der Waals surface area contributed by atoms with E-state index in [2.05, 4.69) is 0 Å². The molecule has 1 atom stereocenters. The Bertz CT molecular complexity index is 598. The summed E-state index contributed by atoms with van der Waals surface area (Å²) >= 11 is 15.3. The van der Waals surface area contributed by atoms with Gasteiger partial charge in [-0.1, -0.05) is 23.2 Å². The monoisotopic (exact) mass is 379 g/mol. The predicted molar refractivity (Wildman–Crippen MR) is 92.6 cm³/mol. The van der Waals surface area contributed by atoms with Gasteiger partial charge in [-0.2, -0.15) is 11.8 Å². The summed E-state index contributed by atoms with van der Waals surface area (Å²) < 4.78 is 0. The molecule has 1 aliphatic heterocycles. The number of aliphatic carboxylic acids is 1. The van der Waals surface area contributed by atoms with Crippen LogP contribution in [0, 0.1) is 0 Å². The maximum atomic E-state index is 12.8. The Hall–Kier alpha value is -0.560. The van der Waals surface area contributed by atoms with Gasteiger partial charge in [-0.15, -0.1) is 11.8 Å². The summed E-state index contributed by atoms with van der Waals surface area (Å²) in [5, 5.41) is 9.81. The Kier molecular flexibility index (Phi) is 6.32. The smallest absolute Gasteiger partial charge is 0.305 e. The van der Waals surface area contributed by atoms with Crippen molar-refractivity contribution < 1.29 is 14.7 Å². The highest BCUT2D eigenvalue weighted by Gasteiger charge is 2.30. The number of benzene rings is 1. The molecule has 0 radical (unpaired) electrons. The molecule has 4 nitrogen and oxygen atoms in total. The average Bonchev–Trinajstić information content (AvgIpc) is 2.47. The lowest BCUT2D eigenvalue weighted by atomic mass is 10.1. The summed E-state index contributed by atoms with van der Waals surface area (Å²) in [6.45, 7) is 0.523. The van der Waals surface area contributed by atoms with E-state index in [0.29, 0.717) is 27.9 Å². The number of amides is 1. The fourth-order valence-electron chi connectivity index (χ4n) is 2.30. The molecule has 1 aromatic carbocycles.